The Hall–Kier alpha value is -13.1. The summed E-state index contributed by atoms with van der Waals surface area (Å²) in [6.07, 6.45) is -8.64. The van der Waals surface area contributed by atoms with Crippen molar-refractivity contribution in [3.63, 3.8) is 0 Å². The number of phenols is 1. The molecule has 0 amide bonds. The second-order valence-corrected chi connectivity index (χ2v) is 33.7. The highest BCUT2D eigenvalue weighted by molar-refractivity contribution is 6.30. The first-order valence-corrected chi connectivity index (χ1v) is 44.2. The van der Waals surface area contributed by atoms with Crippen LogP contribution < -0.4 is 9.47 Å². The van der Waals surface area contributed by atoms with E-state index in [1.54, 1.807) is 55.7 Å². The second kappa shape index (κ2) is 48.3. The van der Waals surface area contributed by atoms with Crippen molar-refractivity contribution in [2.45, 2.75) is 144 Å². The van der Waals surface area contributed by atoms with Crippen LogP contribution in [0.3, 0.4) is 0 Å². The zero-order valence-corrected chi connectivity index (χ0v) is 77.1. The maximum absolute atomic E-state index is 12.9. The summed E-state index contributed by atoms with van der Waals surface area (Å²) < 4.78 is 212. The van der Waals surface area contributed by atoms with Gasteiger partial charge in [-0.1, -0.05) is 231 Å². The summed E-state index contributed by atoms with van der Waals surface area (Å²) in [5.41, 5.74) is 6.14. The quantitative estimate of drug-likeness (QED) is 0.0336. The molecule has 5 aromatic heterocycles. The highest BCUT2D eigenvalue weighted by Gasteiger charge is 2.35. The lowest BCUT2D eigenvalue weighted by atomic mass is 10.00. The number of halogens is 19. The molecule has 138 heavy (non-hydrogen) atoms. The predicted octanol–water partition coefficient (Wildman–Crippen LogP) is 29.7. The number of aromatic nitrogens is 10. The Morgan fingerprint density at radius 3 is 0.928 bits per heavy atom. The number of carboxylic acid groups (broad SMARTS) is 1. The zero-order valence-electron chi connectivity index (χ0n) is 74.1. The first-order chi connectivity index (χ1) is 65.0. The number of rotatable bonds is 29. The third-order valence-corrected chi connectivity index (χ3v) is 23.0. The highest BCUT2D eigenvalue weighted by atomic mass is 35.5. The molecule has 0 bridgehead atoms. The number of alkyl halides is 15. The first-order valence-electron chi connectivity index (χ1n) is 42.7. The Bertz CT molecular complexity index is 6150. The smallest absolute Gasteiger partial charge is 0.416 e. The number of Topliss-reactive ketones (excluding diaryl/α,β-unsaturated/α-hetero) is 1. The van der Waals surface area contributed by atoms with Gasteiger partial charge in [-0.3, -0.25) is 4.79 Å². The summed E-state index contributed by atoms with van der Waals surface area (Å²) in [6, 6.07) is 62.0. The molecule has 0 saturated carbocycles. The molecule has 0 saturated heterocycles. The van der Waals surface area contributed by atoms with Gasteiger partial charge in [0.2, 0.25) is 0 Å². The van der Waals surface area contributed by atoms with Gasteiger partial charge in [0.1, 0.15) is 72.8 Å². The molecule has 5 heterocycles. The largest absolute Gasteiger partial charge is 0.508 e. The molecule has 0 aliphatic rings. The van der Waals surface area contributed by atoms with Gasteiger partial charge in [-0.25, -0.2) is 24.9 Å². The summed E-state index contributed by atoms with van der Waals surface area (Å²) in [5.74, 6) is 3.79. The van der Waals surface area contributed by atoms with E-state index in [0.717, 1.165) is 108 Å². The lowest BCUT2D eigenvalue weighted by Crippen LogP contribution is -2.08. The van der Waals surface area contributed by atoms with Crippen molar-refractivity contribution in [1.82, 2.24) is 47.8 Å². The van der Waals surface area contributed by atoms with Crippen LogP contribution in [-0.4, -0.2) is 82.9 Å². The van der Waals surface area contributed by atoms with Crippen LogP contribution in [0.25, 0.3) is 56.9 Å². The molecule has 0 aliphatic carbocycles. The molecule has 0 unspecified atom stereocenters. The summed E-state index contributed by atoms with van der Waals surface area (Å²) in [6.45, 7) is 12.6. The van der Waals surface area contributed by atoms with Gasteiger partial charge in [0.15, 0.2) is 0 Å². The number of aryl methyl sites for hydroxylation is 2. The Balaban J connectivity index is 0.000000179. The van der Waals surface area contributed by atoms with E-state index in [2.05, 4.69) is 31.8 Å². The number of nitrogens with zero attached hydrogens (tertiary/aromatic N) is 10. The van der Waals surface area contributed by atoms with Crippen LogP contribution in [0, 0.1) is 25.7 Å². The van der Waals surface area contributed by atoms with Gasteiger partial charge in [0, 0.05) is 76.3 Å². The summed E-state index contributed by atoms with van der Waals surface area (Å²) >= 11 is 25.1. The van der Waals surface area contributed by atoms with E-state index in [1.165, 1.54) is 91.0 Å². The molecule has 0 spiro atoms. The topological polar surface area (TPSA) is 182 Å². The van der Waals surface area contributed by atoms with Crippen LogP contribution in [-0.2, 0) is 73.2 Å². The van der Waals surface area contributed by atoms with Gasteiger partial charge in [-0.2, -0.15) is 65.9 Å². The Labute approximate surface area is 807 Å². The fraction of sp³-hybridized carbons (Fsp3) is 0.252. The lowest BCUT2D eigenvalue weighted by Gasteiger charge is -2.15. The van der Waals surface area contributed by atoms with Crippen molar-refractivity contribution < 1.29 is 95.1 Å². The predicted molar refractivity (Wildman–Crippen MR) is 504 cm³/mol. The first kappa shape index (κ1) is 107. The van der Waals surface area contributed by atoms with E-state index in [9.17, 15) is 80.6 Å². The van der Waals surface area contributed by atoms with E-state index in [4.69, 9.17) is 61.0 Å². The van der Waals surface area contributed by atoms with Crippen LogP contribution in [0.1, 0.15) is 133 Å². The van der Waals surface area contributed by atoms with E-state index in [-0.39, 0.29) is 37.8 Å². The zero-order chi connectivity index (χ0) is 99.1. The van der Waals surface area contributed by atoms with Gasteiger partial charge in [-0.15, -0.1) is 0 Å². The van der Waals surface area contributed by atoms with E-state index in [1.807, 2.05) is 129 Å². The Kier molecular flexibility index (Phi) is 37.4. The number of para-hydroxylation sites is 3. The number of carboxylic acids is 1. The molecule has 35 heteroatoms. The minimum absolute atomic E-state index is 0. The van der Waals surface area contributed by atoms with Crippen molar-refractivity contribution >= 4 is 58.2 Å². The number of hydrogen-bond acceptors (Lipinski definition) is 10. The molecule has 15 rings (SSSR count). The fourth-order valence-corrected chi connectivity index (χ4v) is 15.3. The minimum Gasteiger partial charge on any atom is -0.508 e. The third kappa shape index (κ3) is 30.2. The number of benzene rings is 10. The van der Waals surface area contributed by atoms with Gasteiger partial charge >= 0.3 is 36.9 Å². The monoisotopic (exact) mass is 1990 g/mol. The van der Waals surface area contributed by atoms with E-state index >= 15 is 0 Å². The molecule has 16 nitrogen and oxygen atoms in total. The SMILES string of the molecule is C.CC(=O)C[C@H](C)CCCOc1ccccc1Cn1c(Cl)cnc1-c1ccc(C(F)(F)F)cc1.C[C@H](CCCOc1ccccc1Cn1c(Cl)cnc1-c1ccc(C(F)(F)F)cc1)CC(=O)O.Cc1ccccc1Cn1c(Cl)cnc1-c1ccc(C(F)(F)F)cc1.Cc1ccccc1Cn1ccnc1-c1ccc(C(F)(F)F)cc1.Oc1ccccc1Cn1c(Cl)cnc1-c1ccc(C(F)(F)F)cc1. The van der Waals surface area contributed by atoms with Crippen molar-refractivity contribution in [2.75, 3.05) is 13.2 Å². The van der Waals surface area contributed by atoms with Crippen molar-refractivity contribution in [3.05, 3.63) is 367 Å². The molecule has 0 radical (unpaired) electrons. The van der Waals surface area contributed by atoms with Gasteiger partial charge in [0.05, 0.1) is 92.0 Å². The normalized spacial score (nSPS) is 12.0. The Morgan fingerprint density at radius 1 is 0.355 bits per heavy atom. The summed E-state index contributed by atoms with van der Waals surface area (Å²) in [7, 11) is 0. The van der Waals surface area contributed by atoms with E-state index < -0.39 is 64.7 Å². The van der Waals surface area contributed by atoms with Crippen molar-refractivity contribution in [3.8, 4) is 74.2 Å². The van der Waals surface area contributed by atoms with Crippen LogP contribution >= 0.6 is 46.4 Å². The number of carbonyl (C=O) groups is 2. The number of aliphatic carboxylic acids is 1. The van der Waals surface area contributed by atoms with Gasteiger partial charge < -0.3 is 47.3 Å². The van der Waals surface area contributed by atoms with Gasteiger partial charge in [-0.05, 0) is 159 Å². The molecule has 10 aromatic carbocycles. The molecule has 726 valence electrons. The molecular formula is C103H95Cl4F15N10O6. The number of ketones is 1. The number of aromatic hydroxyl groups is 1. The maximum atomic E-state index is 12.9. The molecule has 0 fully saturated rings. The molecule has 2 atom stereocenters. The summed E-state index contributed by atoms with van der Waals surface area (Å²) in [5, 5.41) is 20.2. The molecular weight excluding hydrogens is 1900 g/mol. The lowest BCUT2D eigenvalue weighted by molar-refractivity contribution is -0.138. The number of ether oxygens (including phenoxy) is 2. The number of hydrogen-bond donors (Lipinski definition) is 2. The fourth-order valence-electron chi connectivity index (χ4n) is 14.5. The maximum Gasteiger partial charge on any atom is 0.416 e. The van der Waals surface area contributed by atoms with Crippen LogP contribution in [0.4, 0.5) is 65.9 Å². The number of phenolic OH excluding ortho intramolecular Hbond substituents is 1. The average Bonchev–Trinajstić information content (AvgIpc) is 1.61. The molecule has 0 aliphatic heterocycles. The second-order valence-electron chi connectivity index (χ2n) is 32.1. The molecule has 15 aromatic rings. The Morgan fingerprint density at radius 2 is 0.623 bits per heavy atom. The summed E-state index contributed by atoms with van der Waals surface area (Å²) in [4.78, 5) is 43.3. The van der Waals surface area contributed by atoms with Crippen molar-refractivity contribution in [2.24, 2.45) is 11.8 Å². The molecule has 2 N–H and O–H groups in total. The number of carbonyl (C=O) groups excluding carboxylic acids is 1. The van der Waals surface area contributed by atoms with Crippen LogP contribution in [0.15, 0.2) is 280 Å². The minimum atomic E-state index is -4.41. The van der Waals surface area contributed by atoms with E-state index in [0.29, 0.717) is 153 Å². The average molecular weight is 2000 g/mol. The standard InChI is InChI=1S/C25H26ClF3N2O2.C24H24ClF3N2O3.C18H14ClF3N2.C18H15F3N2.C17H12ClF3N2O.CH4/c1-17(14-18(2)32)6-5-13-33-22-8-4-3-7-20(22)16-31-23(26)15-30-24(31)19-9-11-21(12-10-19)25(27,28)29;1-16(13-22(31)32)5-4-12-33-20-7-3-2-6-18(20)15-30-21(25)14-29-23(30)17-8-10-19(11-9-17)24(26,27)28;1-12-4-2-3-5-14(12)11-24-16(19)10-23-17(24)13-6-8-15(9-7-13)18(20,21)22;1-13-4-2-3-5-15(13)12-23-11-10-22-17(23)14-6-8-16(9-7-14)18(19,20)21;18-15-9-22-16(11-5-7-13(8-6-11)17(19,20)21)23(15)10-12-3-1-2-4-14(12)24;/h3-4,7-12,15,17H,5-6,13-14,16H2,1-2H3;2-3,6-11,14,16H,4-5,12-13,15H2,1H3,(H,31,32);2-10H,11H2,1H3;2-11H,12H2,1H3;1-9,24H,10H2;1H4/t17-;16-;;;;/m11..../s1. The third-order valence-electron chi connectivity index (χ3n) is 21.8. The highest BCUT2D eigenvalue weighted by Crippen LogP contribution is 2.40. The van der Waals surface area contributed by atoms with Crippen molar-refractivity contribution in [1.29, 1.82) is 0 Å². The number of imidazole rings is 5. The van der Waals surface area contributed by atoms with Crippen LogP contribution in [0.2, 0.25) is 20.6 Å². The van der Waals surface area contributed by atoms with Crippen LogP contribution in [0.5, 0.6) is 17.2 Å². The van der Waals surface area contributed by atoms with Gasteiger partial charge in [0.25, 0.3) is 0 Å².